The van der Waals surface area contributed by atoms with Crippen molar-refractivity contribution in [3.05, 3.63) is 30.5 Å². The van der Waals surface area contributed by atoms with Crippen LogP contribution in [0.2, 0.25) is 0 Å². The SMILES string of the molecule is C[C@@H]1CCCC[C@@H]1NC(=O)CSc1nncc2ccccc12. The quantitative estimate of drug-likeness (QED) is 0.878. The lowest BCUT2D eigenvalue weighted by Gasteiger charge is -2.29. The van der Waals surface area contributed by atoms with Crippen molar-refractivity contribution in [1.29, 1.82) is 0 Å². The highest BCUT2D eigenvalue weighted by molar-refractivity contribution is 8.00. The summed E-state index contributed by atoms with van der Waals surface area (Å²) < 4.78 is 0. The van der Waals surface area contributed by atoms with Gasteiger partial charge in [0.1, 0.15) is 5.03 Å². The second-order valence-corrected chi connectivity index (χ2v) is 6.93. The predicted molar refractivity (Wildman–Crippen MR) is 89.8 cm³/mol. The summed E-state index contributed by atoms with van der Waals surface area (Å²) in [5.74, 6) is 1.07. The number of fused-ring (bicyclic) bond motifs is 1. The van der Waals surface area contributed by atoms with Crippen LogP contribution in [0.4, 0.5) is 0 Å². The normalized spacial score (nSPS) is 21.7. The topological polar surface area (TPSA) is 54.9 Å². The first kappa shape index (κ1) is 15.3. The lowest BCUT2D eigenvalue weighted by atomic mass is 9.86. The lowest BCUT2D eigenvalue weighted by molar-refractivity contribution is -0.119. The molecule has 1 saturated carbocycles. The molecule has 1 aliphatic rings. The van der Waals surface area contributed by atoms with E-state index < -0.39 is 0 Å². The number of amides is 1. The van der Waals surface area contributed by atoms with Crippen LogP contribution in [0.1, 0.15) is 32.6 Å². The van der Waals surface area contributed by atoms with Crippen LogP contribution in [0.15, 0.2) is 35.5 Å². The molecule has 2 atom stereocenters. The van der Waals surface area contributed by atoms with Gasteiger partial charge in [-0.1, -0.05) is 55.8 Å². The van der Waals surface area contributed by atoms with Crippen LogP contribution in [0.3, 0.4) is 0 Å². The van der Waals surface area contributed by atoms with Crippen molar-refractivity contribution in [1.82, 2.24) is 15.5 Å². The van der Waals surface area contributed by atoms with Gasteiger partial charge >= 0.3 is 0 Å². The van der Waals surface area contributed by atoms with Gasteiger partial charge in [-0.25, -0.2) is 0 Å². The molecule has 0 unspecified atom stereocenters. The monoisotopic (exact) mass is 315 g/mol. The van der Waals surface area contributed by atoms with E-state index in [0.29, 0.717) is 17.7 Å². The van der Waals surface area contributed by atoms with E-state index in [9.17, 15) is 4.79 Å². The maximum Gasteiger partial charge on any atom is 0.230 e. The van der Waals surface area contributed by atoms with Crippen LogP contribution in [0.25, 0.3) is 10.8 Å². The third kappa shape index (κ3) is 3.58. The minimum absolute atomic E-state index is 0.0958. The summed E-state index contributed by atoms with van der Waals surface area (Å²) in [5.41, 5.74) is 0. The van der Waals surface area contributed by atoms with E-state index in [-0.39, 0.29) is 5.91 Å². The van der Waals surface area contributed by atoms with Gasteiger partial charge in [0.25, 0.3) is 0 Å². The van der Waals surface area contributed by atoms with Crippen LogP contribution < -0.4 is 5.32 Å². The third-order valence-electron chi connectivity index (χ3n) is 4.33. The number of nitrogens with zero attached hydrogens (tertiary/aromatic N) is 2. The Morgan fingerprint density at radius 1 is 1.32 bits per heavy atom. The van der Waals surface area contributed by atoms with Gasteiger partial charge in [0.05, 0.1) is 11.9 Å². The van der Waals surface area contributed by atoms with Gasteiger partial charge in [-0.05, 0) is 18.8 Å². The van der Waals surface area contributed by atoms with Crippen LogP contribution in [0.5, 0.6) is 0 Å². The summed E-state index contributed by atoms with van der Waals surface area (Å²) in [5, 5.41) is 14.3. The van der Waals surface area contributed by atoms with Crippen LogP contribution in [-0.2, 0) is 4.79 Å². The van der Waals surface area contributed by atoms with E-state index in [2.05, 4.69) is 22.4 Å². The fourth-order valence-corrected chi connectivity index (χ4v) is 3.82. The van der Waals surface area contributed by atoms with E-state index in [1.54, 1.807) is 6.20 Å². The predicted octanol–water partition coefficient (Wildman–Crippen LogP) is 3.42. The Balaban J connectivity index is 1.60. The van der Waals surface area contributed by atoms with Crippen molar-refractivity contribution < 1.29 is 4.79 Å². The van der Waals surface area contributed by atoms with E-state index >= 15 is 0 Å². The van der Waals surface area contributed by atoms with E-state index in [1.165, 1.54) is 31.0 Å². The molecule has 1 amide bonds. The third-order valence-corrected chi connectivity index (χ3v) is 5.32. The molecule has 1 aromatic carbocycles. The highest BCUT2D eigenvalue weighted by atomic mass is 32.2. The van der Waals surface area contributed by atoms with Crippen molar-refractivity contribution in [2.75, 3.05) is 5.75 Å². The van der Waals surface area contributed by atoms with Crippen LogP contribution in [-0.4, -0.2) is 27.9 Å². The maximum atomic E-state index is 12.2. The zero-order chi connectivity index (χ0) is 15.4. The van der Waals surface area contributed by atoms with Crippen LogP contribution >= 0.6 is 11.8 Å². The molecule has 0 aliphatic heterocycles. The van der Waals surface area contributed by atoms with E-state index in [4.69, 9.17) is 0 Å². The molecule has 5 heteroatoms. The van der Waals surface area contributed by atoms with Gasteiger partial charge < -0.3 is 5.32 Å². The number of thioether (sulfide) groups is 1. The second-order valence-electron chi connectivity index (χ2n) is 5.96. The number of aromatic nitrogens is 2. The van der Waals surface area contributed by atoms with E-state index in [1.807, 2.05) is 24.3 Å². The highest BCUT2D eigenvalue weighted by Gasteiger charge is 2.22. The van der Waals surface area contributed by atoms with Crippen molar-refractivity contribution in [3.8, 4) is 0 Å². The van der Waals surface area contributed by atoms with Crippen molar-refractivity contribution in [2.24, 2.45) is 5.92 Å². The summed E-state index contributed by atoms with van der Waals surface area (Å²) >= 11 is 1.46. The molecular weight excluding hydrogens is 294 g/mol. The Labute approximate surface area is 135 Å². The number of benzene rings is 1. The van der Waals surface area contributed by atoms with E-state index in [0.717, 1.165) is 22.2 Å². The van der Waals surface area contributed by atoms with Crippen LogP contribution in [0, 0.1) is 5.92 Å². The average Bonchev–Trinajstić information content (AvgIpc) is 2.55. The average molecular weight is 315 g/mol. The first-order chi connectivity index (χ1) is 10.7. The summed E-state index contributed by atoms with van der Waals surface area (Å²) in [4.78, 5) is 12.2. The first-order valence-corrected chi connectivity index (χ1v) is 8.85. The molecule has 3 rings (SSSR count). The fraction of sp³-hybridized carbons (Fsp3) is 0.471. The van der Waals surface area contributed by atoms with Gasteiger partial charge in [0, 0.05) is 16.8 Å². The Hall–Kier alpha value is -1.62. The Bertz CT molecular complexity index is 656. The number of nitrogens with one attached hydrogen (secondary N) is 1. The maximum absolute atomic E-state index is 12.2. The Kier molecular flexibility index (Phi) is 4.93. The molecule has 1 fully saturated rings. The molecule has 0 spiro atoms. The summed E-state index contributed by atoms with van der Waals surface area (Å²) in [6.45, 7) is 2.23. The summed E-state index contributed by atoms with van der Waals surface area (Å²) in [7, 11) is 0. The van der Waals surface area contributed by atoms with Gasteiger partial charge in [-0.2, -0.15) is 5.10 Å². The molecule has 22 heavy (non-hydrogen) atoms. The molecule has 0 radical (unpaired) electrons. The molecule has 0 saturated heterocycles. The molecule has 1 N–H and O–H groups in total. The van der Waals surface area contributed by atoms with Crippen molar-refractivity contribution in [2.45, 2.75) is 43.7 Å². The molecule has 1 aliphatic carbocycles. The van der Waals surface area contributed by atoms with Crippen molar-refractivity contribution in [3.63, 3.8) is 0 Å². The Morgan fingerprint density at radius 3 is 3.00 bits per heavy atom. The standard InChI is InChI=1S/C17H21N3OS/c1-12-6-2-5-9-15(12)19-16(21)11-22-17-14-8-4-3-7-13(14)10-18-20-17/h3-4,7-8,10,12,15H,2,5-6,9,11H2,1H3,(H,19,21)/t12-,15+/m1/s1. The number of hydrogen-bond donors (Lipinski definition) is 1. The summed E-state index contributed by atoms with van der Waals surface area (Å²) in [6.07, 6.45) is 6.58. The van der Waals surface area contributed by atoms with Gasteiger partial charge in [0.15, 0.2) is 0 Å². The molecule has 2 aromatic rings. The lowest BCUT2D eigenvalue weighted by Crippen LogP contribution is -2.41. The zero-order valence-corrected chi connectivity index (χ0v) is 13.6. The number of rotatable bonds is 4. The summed E-state index contributed by atoms with van der Waals surface area (Å²) in [6, 6.07) is 8.33. The largest absolute Gasteiger partial charge is 0.352 e. The first-order valence-electron chi connectivity index (χ1n) is 7.86. The van der Waals surface area contributed by atoms with Crippen molar-refractivity contribution >= 4 is 28.4 Å². The van der Waals surface area contributed by atoms with Gasteiger partial charge in [0.2, 0.25) is 5.91 Å². The molecule has 1 heterocycles. The molecular formula is C17H21N3OS. The fourth-order valence-electron chi connectivity index (χ4n) is 3.02. The highest BCUT2D eigenvalue weighted by Crippen LogP contribution is 2.26. The van der Waals surface area contributed by atoms with Gasteiger partial charge in [-0.3, -0.25) is 4.79 Å². The molecule has 0 bridgehead atoms. The minimum atomic E-state index is 0.0958. The zero-order valence-electron chi connectivity index (χ0n) is 12.8. The Morgan fingerprint density at radius 2 is 2.14 bits per heavy atom. The minimum Gasteiger partial charge on any atom is -0.352 e. The van der Waals surface area contributed by atoms with Gasteiger partial charge in [-0.15, -0.1) is 5.10 Å². The molecule has 116 valence electrons. The number of carbonyl (C=O) groups is 1. The smallest absolute Gasteiger partial charge is 0.230 e. The second kappa shape index (κ2) is 7.09. The number of carbonyl (C=O) groups excluding carboxylic acids is 1. The number of hydrogen-bond acceptors (Lipinski definition) is 4. The molecule has 4 nitrogen and oxygen atoms in total. The molecule has 1 aromatic heterocycles.